The van der Waals surface area contributed by atoms with Crippen molar-refractivity contribution in [3.05, 3.63) is 53.6 Å². The van der Waals surface area contributed by atoms with Crippen molar-refractivity contribution >= 4 is 22.1 Å². The molecule has 0 bridgehead atoms. The monoisotopic (exact) mass is 363 g/mol. The Labute approximate surface area is 145 Å². The summed E-state index contributed by atoms with van der Waals surface area (Å²) in [6, 6.07) is 9.85. The van der Waals surface area contributed by atoms with E-state index in [2.05, 4.69) is 10.5 Å². The van der Waals surface area contributed by atoms with Gasteiger partial charge in [0.1, 0.15) is 0 Å². The Bertz CT molecular complexity index is 923. The minimum Gasteiger partial charge on any atom is -0.504 e. The molecule has 0 aliphatic rings. The Hall–Kier alpha value is -2.91. The average molecular weight is 363 g/mol. The van der Waals surface area contributed by atoms with Crippen molar-refractivity contribution in [1.29, 1.82) is 0 Å². The minimum atomic E-state index is -3.65. The van der Waals surface area contributed by atoms with Crippen LogP contribution in [0.1, 0.15) is 15.9 Å². The molecule has 3 N–H and O–H groups in total. The number of amides is 1. The number of sulfonamides is 1. The van der Waals surface area contributed by atoms with Crippen LogP contribution in [-0.2, 0) is 10.0 Å². The number of aromatic hydroxyl groups is 2. The topological polar surface area (TPSA) is 119 Å². The Morgan fingerprint density at radius 1 is 1.16 bits per heavy atom. The van der Waals surface area contributed by atoms with Gasteiger partial charge >= 0.3 is 0 Å². The fraction of sp³-hybridized carbons (Fsp3) is 0.125. The number of nitrogens with one attached hydrogen (secondary N) is 1. The molecular formula is C16H17N3O5S. The summed E-state index contributed by atoms with van der Waals surface area (Å²) < 4.78 is 25.2. The average Bonchev–Trinajstić information content (AvgIpc) is 2.58. The van der Waals surface area contributed by atoms with Gasteiger partial charge in [0.15, 0.2) is 11.5 Å². The number of phenols is 2. The first-order chi connectivity index (χ1) is 11.7. The molecule has 0 heterocycles. The normalized spacial score (nSPS) is 11.8. The van der Waals surface area contributed by atoms with Gasteiger partial charge in [-0.3, -0.25) is 4.79 Å². The van der Waals surface area contributed by atoms with Crippen molar-refractivity contribution in [2.45, 2.75) is 4.90 Å². The minimum absolute atomic E-state index is 0.0141. The fourth-order valence-electron chi connectivity index (χ4n) is 1.89. The lowest BCUT2D eigenvalue weighted by Crippen LogP contribution is -2.23. The van der Waals surface area contributed by atoms with E-state index in [1.807, 2.05) is 0 Å². The summed E-state index contributed by atoms with van der Waals surface area (Å²) >= 11 is 0. The van der Waals surface area contributed by atoms with Crippen LogP contribution in [0.4, 0.5) is 0 Å². The number of para-hydroxylation sites is 1. The number of carbonyl (C=O) groups excluding carboxylic acids is 1. The molecule has 0 aliphatic carbocycles. The molecular weight excluding hydrogens is 346 g/mol. The van der Waals surface area contributed by atoms with Crippen LogP contribution in [0.3, 0.4) is 0 Å². The smallest absolute Gasteiger partial charge is 0.271 e. The summed E-state index contributed by atoms with van der Waals surface area (Å²) in [4.78, 5) is 12.1. The van der Waals surface area contributed by atoms with Gasteiger partial charge in [-0.25, -0.2) is 18.1 Å². The van der Waals surface area contributed by atoms with Gasteiger partial charge in [0.25, 0.3) is 5.91 Å². The van der Waals surface area contributed by atoms with E-state index in [0.717, 1.165) is 10.5 Å². The van der Waals surface area contributed by atoms with Crippen LogP contribution < -0.4 is 5.43 Å². The first-order valence-electron chi connectivity index (χ1n) is 7.10. The Morgan fingerprint density at radius 3 is 2.52 bits per heavy atom. The summed E-state index contributed by atoms with van der Waals surface area (Å²) in [5, 5.41) is 22.7. The van der Waals surface area contributed by atoms with Crippen molar-refractivity contribution in [1.82, 2.24) is 9.73 Å². The molecule has 2 aromatic rings. The Morgan fingerprint density at radius 2 is 1.84 bits per heavy atom. The highest BCUT2D eigenvalue weighted by atomic mass is 32.2. The molecule has 132 valence electrons. The summed E-state index contributed by atoms with van der Waals surface area (Å²) in [5.41, 5.74) is 2.55. The molecule has 0 saturated carbocycles. The summed E-state index contributed by atoms with van der Waals surface area (Å²) in [6.45, 7) is 0. The molecule has 0 unspecified atom stereocenters. The Balaban J connectivity index is 2.17. The molecule has 9 heteroatoms. The lowest BCUT2D eigenvalue weighted by molar-refractivity contribution is 0.0955. The van der Waals surface area contributed by atoms with Crippen LogP contribution in [0.2, 0.25) is 0 Å². The number of rotatable bonds is 5. The number of hydrogen-bond acceptors (Lipinski definition) is 6. The molecule has 25 heavy (non-hydrogen) atoms. The highest BCUT2D eigenvalue weighted by Gasteiger charge is 2.18. The van der Waals surface area contributed by atoms with Gasteiger partial charge in [0.05, 0.1) is 11.1 Å². The Kier molecular flexibility index (Phi) is 5.40. The number of carbonyl (C=O) groups is 1. The molecule has 0 aromatic heterocycles. The highest BCUT2D eigenvalue weighted by molar-refractivity contribution is 7.89. The molecule has 0 atom stereocenters. The predicted octanol–water partition coefficient (Wildman–Crippen LogP) is 1.11. The highest BCUT2D eigenvalue weighted by Crippen LogP contribution is 2.26. The number of nitrogens with zero attached hydrogens (tertiary/aromatic N) is 2. The first-order valence-corrected chi connectivity index (χ1v) is 8.54. The largest absolute Gasteiger partial charge is 0.504 e. The number of benzene rings is 2. The maximum Gasteiger partial charge on any atom is 0.271 e. The van der Waals surface area contributed by atoms with Gasteiger partial charge < -0.3 is 10.2 Å². The van der Waals surface area contributed by atoms with Gasteiger partial charge in [-0.05, 0) is 30.3 Å². The number of hydrogen-bond donors (Lipinski definition) is 3. The molecule has 0 aliphatic heterocycles. The van der Waals surface area contributed by atoms with Crippen molar-refractivity contribution in [3.8, 4) is 11.5 Å². The second-order valence-electron chi connectivity index (χ2n) is 5.23. The van der Waals surface area contributed by atoms with E-state index in [4.69, 9.17) is 0 Å². The third-order valence-electron chi connectivity index (χ3n) is 3.29. The fourth-order valence-corrected chi connectivity index (χ4v) is 2.83. The van der Waals surface area contributed by atoms with Crippen LogP contribution in [0, 0.1) is 0 Å². The van der Waals surface area contributed by atoms with Gasteiger partial charge in [-0.2, -0.15) is 5.10 Å². The van der Waals surface area contributed by atoms with Crippen molar-refractivity contribution in [2.75, 3.05) is 14.1 Å². The predicted molar refractivity (Wildman–Crippen MR) is 92.1 cm³/mol. The SMILES string of the molecule is CN(C)S(=O)(=O)c1cccc(C(=O)N/N=C/c2cccc(O)c2O)c1. The zero-order valence-electron chi connectivity index (χ0n) is 13.5. The van der Waals surface area contributed by atoms with E-state index in [0.29, 0.717) is 0 Å². The lowest BCUT2D eigenvalue weighted by Gasteiger charge is -2.11. The van der Waals surface area contributed by atoms with E-state index in [9.17, 15) is 23.4 Å². The summed E-state index contributed by atoms with van der Waals surface area (Å²) in [6.07, 6.45) is 1.16. The van der Waals surface area contributed by atoms with E-state index in [1.54, 1.807) is 0 Å². The maximum atomic E-state index is 12.1. The zero-order valence-corrected chi connectivity index (χ0v) is 14.4. The number of hydrazone groups is 1. The summed E-state index contributed by atoms with van der Waals surface area (Å²) in [7, 11) is -0.859. The van der Waals surface area contributed by atoms with E-state index >= 15 is 0 Å². The molecule has 0 saturated heterocycles. The molecule has 2 rings (SSSR count). The van der Waals surface area contributed by atoms with Gasteiger partial charge in [-0.15, -0.1) is 0 Å². The molecule has 0 fully saturated rings. The van der Waals surface area contributed by atoms with Crippen LogP contribution >= 0.6 is 0 Å². The summed E-state index contributed by atoms with van der Waals surface area (Å²) in [5.74, 6) is -1.29. The van der Waals surface area contributed by atoms with Gasteiger partial charge in [0.2, 0.25) is 10.0 Å². The second kappa shape index (κ2) is 7.32. The van der Waals surface area contributed by atoms with Crippen LogP contribution in [0.5, 0.6) is 11.5 Å². The lowest BCUT2D eigenvalue weighted by atomic mass is 10.2. The molecule has 8 nitrogen and oxygen atoms in total. The zero-order chi connectivity index (χ0) is 18.6. The van der Waals surface area contributed by atoms with E-state index in [-0.39, 0.29) is 27.5 Å². The van der Waals surface area contributed by atoms with E-state index < -0.39 is 15.9 Å². The third-order valence-corrected chi connectivity index (χ3v) is 5.10. The maximum absolute atomic E-state index is 12.1. The van der Waals surface area contributed by atoms with Gasteiger partial charge in [-0.1, -0.05) is 12.1 Å². The second-order valence-corrected chi connectivity index (χ2v) is 7.38. The first kappa shape index (κ1) is 18.4. The number of phenolic OH excluding ortho intramolecular Hbond substituents is 2. The van der Waals surface area contributed by atoms with Crippen LogP contribution in [-0.4, -0.2) is 49.2 Å². The van der Waals surface area contributed by atoms with Crippen LogP contribution in [0.25, 0.3) is 0 Å². The molecule has 0 radical (unpaired) electrons. The van der Waals surface area contributed by atoms with Gasteiger partial charge in [0, 0.05) is 25.2 Å². The quantitative estimate of drug-likeness (QED) is 0.418. The molecule has 1 amide bonds. The molecule has 2 aromatic carbocycles. The van der Waals surface area contributed by atoms with Crippen molar-refractivity contribution < 1.29 is 23.4 Å². The molecule has 0 spiro atoms. The third kappa shape index (κ3) is 4.14. The van der Waals surface area contributed by atoms with Crippen molar-refractivity contribution in [3.63, 3.8) is 0 Å². The van der Waals surface area contributed by atoms with E-state index in [1.165, 1.54) is 56.6 Å². The standard InChI is InChI=1S/C16H17N3O5S/c1-19(2)25(23,24)13-7-3-5-11(9-13)16(22)18-17-10-12-6-4-8-14(20)15(12)21/h3-10,20-21H,1-2H3,(H,18,22)/b17-10+. The van der Waals surface area contributed by atoms with Crippen LogP contribution in [0.15, 0.2) is 52.5 Å². The van der Waals surface area contributed by atoms with Crippen molar-refractivity contribution in [2.24, 2.45) is 5.10 Å².